The lowest BCUT2D eigenvalue weighted by molar-refractivity contribution is -0.122. The Labute approximate surface area is 83.0 Å². The molecule has 0 aliphatic rings. The van der Waals surface area contributed by atoms with Crippen LogP contribution < -0.4 is 10.6 Å². The predicted molar refractivity (Wildman–Crippen MR) is 52.4 cm³/mol. The topological polar surface area (TPSA) is 66.9 Å². The van der Waals surface area contributed by atoms with E-state index in [1.807, 2.05) is 0 Å². The smallest absolute Gasteiger partial charge is 0.236 e. The molecule has 1 heterocycles. The first-order valence-corrected chi connectivity index (χ1v) is 4.44. The van der Waals surface area contributed by atoms with E-state index >= 15 is 0 Å². The fraction of sp³-hybridized carbons (Fsp3) is 0.444. The maximum absolute atomic E-state index is 11.1. The van der Waals surface area contributed by atoms with E-state index in [1.165, 1.54) is 0 Å². The van der Waals surface area contributed by atoms with Crippen LogP contribution in [0.1, 0.15) is 12.6 Å². The van der Waals surface area contributed by atoms with Crippen LogP contribution in [0.15, 0.2) is 18.6 Å². The Morgan fingerprint density at radius 2 is 2.36 bits per heavy atom. The number of rotatable bonds is 4. The second-order valence-corrected chi connectivity index (χ2v) is 2.91. The van der Waals surface area contributed by atoms with Gasteiger partial charge in [-0.3, -0.25) is 14.8 Å². The summed E-state index contributed by atoms with van der Waals surface area (Å²) in [4.78, 5) is 19.1. The highest BCUT2D eigenvalue weighted by Crippen LogP contribution is 1.90. The Morgan fingerprint density at radius 3 is 2.93 bits per heavy atom. The summed E-state index contributed by atoms with van der Waals surface area (Å²) in [6.07, 6.45) is 4.91. The monoisotopic (exact) mass is 194 g/mol. The molecule has 0 aromatic carbocycles. The van der Waals surface area contributed by atoms with Crippen molar-refractivity contribution in [3.05, 3.63) is 24.3 Å². The molecule has 0 aliphatic carbocycles. The van der Waals surface area contributed by atoms with Gasteiger partial charge in [-0.2, -0.15) is 0 Å². The van der Waals surface area contributed by atoms with E-state index in [9.17, 15) is 4.79 Å². The molecule has 0 saturated carbocycles. The van der Waals surface area contributed by atoms with Gasteiger partial charge in [-0.1, -0.05) is 0 Å². The molecule has 1 atom stereocenters. The molecular weight excluding hydrogens is 180 g/mol. The summed E-state index contributed by atoms with van der Waals surface area (Å²) in [6, 6.07) is -0.220. The largest absolute Gasteiger partial charge is 0.358 e. The van der Waals surface area contributed by atoms with Crippen molar-refractivity contribution >= 4 is 5.91 Å². The van der Waals surface area contributed by atoms with Crippen LogP contribution in [-0.4, -0.2) is 29.0 Å². The minimum atomic E-state index is -0.220. The van der Waals surface area contributed by atoms with Crippen molar-refractivity contribution in [2.45, 2.75) is 19.5 Å². The maximum atomic E-state index is 11.1. The average Bonchev–Trinajstić information content (AvgIpc) is 2.26. The molecule has 1 rings (SSSR count). The Kier molecular flexibility index (Phi) is 4.00. The van der Waals surface area contributed by atoms with E-state index in [-0.39, 0.29) is 11.9 Å². The second kappa shape index (κ2) is 5.29. The van der Waals surface area contributed by atoms with Gasteiger partial charge in [0, 0.05) is 32.2 Å². The molecule has 76 valence electrons. The molecule has 0 bridgehead atoms. The van der Waals surface area contributed by atoms with Crippen molar-refractivity contribution in [2.24, 2.45) is 0 Å². The van der Waals surface area contributed by atoms with E-state index in [0.717, 1.165) is 5.69 Å². The zero-order chi connectivity index (χ0) is 10.4. The first-order valence-electron chi connectivity index (χ1n) is 4.44. The summed E-state index contributed by atoms with van der Waals surface area (Å²) in [6.45, 7) is 2.34. The van der Waals surface area contributed by atoms with E-state index in [2.05, 4.69) is 20.6 Å². The lowest BCUT2D eigenvalue weighted by Crippen LogP contribution is -2.40. The highest BCUT2D eigenvalue weighted by molar-refractivity contribution is 5.80. The minimum Gasteiger partial charge on any atom is -0.358 e. The molecule has 2 N–H and O–H groups in total. The number of likely N-dealkylation sites (N-methyl/N-ethyl adjacent to an activating group) is 1. The van der Waals surface area contributed by atoms with Crippen LogP contribution in [-0.2, 0) is 11.3 Å². The van der Waals surface area contributed by atoms with Crippen LogP contribution in [0.3, 0.4) is 0 Å². The third-order valence-electron chi connectivity index (χ3n) is 1.85. The molecule has 0 fully saturated rings. The van der Waals surface area contributed by atoms with Gasteiger partial charge in [0.2, 0.25) is 5.91 Å². The Morgan fingerprint density at radius 1 is 1.57 bits per heavy atom. The van der Waals surface area contributed by atoms with Gasteiger partial charge < -0.3 is 10.6 Å². The third-order valence-corrected chi connectivity index (χ3v) is 1.85. The van der Waals surface area contributed by atoms with Gasteiger partial charge in [-0.25, -0.2) is 0 Å². The van der Waals surface area contributed by atoms with Crippen molar-refractivity contribution < 1.29 is 4.79 Å². The first-order chi connectivity index (χ1) is 6.74. The Balaban J connectivity index is 2.38. The predicted octanol–water partition coefficient (Wildman–Crippen LogP) is -0.299. The molecule has 1 aromatic rings. The average molecular weight is 194 g/mol. The maximum Gasteiger partial charge on any atom is 0.236 e. The van der Waals surface area contributed by atoms with Gasteiger partial charge in [0.25, 0.3) is 0 Å². The Bertz CT molecular complexity index is 288. The number of carbonyl (C=O) groups excluding carboxylic acids is 1. The number of amides is 1. The van der Waals surface area contributed by atoms with Crippen molar-refractivity contribution in [3.63, 3.8) is 0 Å². The molecule has 5 heteroatoms. The summed E-state index contributed by atoms with van der Waals surface area (Å²) < 4.78 is 0. The summed E-state index contributed by atoms with van der Waals surface area (Å²) in [5.74, 6) is -0.0334. The fourth-order valence-electron chi connectivity index (χ4n) is 0.988. The van der Waals surface area contributed by atoms with Gasteiger partial charge in [-0.05, 0) is 6.92 Å². The number of aromatic nitrogens is 2. The number of nitrogens with zero attached hydrogens (tertiary/aromatic N) is 2. The molecular formula is C9H14N4O. The normalized spacial score (nSPS) is 12.1. The lowest BCUT2D eigenvalue weighted by atomic mass is 10.3. The number of nitrogens with one attached hydrogen (secondary N) is 2. The Hall–Kier alpha value is -1.49. The summed E-state index contributed by atoms with van der Waals surface area (Å²) in [5, 5.41) is 5.60. The molecule has 0 radical (unpaired) electrons. The zero-order valence-electron chi connectivity index (χ0n) is 8.32. The quantitative estimate of drug-likeness (QED) is 0.690. The molecule has 0 spiro atoms. The molecule has 1 amide bonds. The van der Waals surface area contributed by atoms with Gasteiger partial charge in [0.05, 0.1) is 11.7 Å². The van der Waals surface area contributed by atoms with Crippen LogP contribution in [0, 0.1) is 0 Å². The highest BCUT2D eigenvalue weighted by atomic mass is 16.2. The van der Waals surface area contributed by atoms with Crippen molar-refractivity contribution in [2.75, 3.05) is 7.05 Å². The SMILES string of the molecule is CNC(=O)C(C)NCc1cnccn1. The van der Waals surface area contributed by atoms with Gasteiger partial charge in [-0.15, -0.1) is 0 Å². The van der Waals surface area contributed by atoms with E-state index in [4.69, 9.17) is 0 Å². The van der Waals surface area contributed by atoms with Gasteiger partial charge >= 0.3 is 0 Å². The highest BCUT2D eigenvalue weighted by Gasteiger charge is 2.09. The zero-order valence-corrected chi connectivity index (χ0v) is 8.32. The second-order valence-electron chi connectivity index (χ2n) is 2.91. The summed E-state index contributed by atoms with van der Waals surface area (Å²) in [7, 11) is 1.61. The van der Waals surface area contributed by atoms with Gasteiger partial charge in [0.15, 0.2) is 0 Å². The molecule has 5 nitrogen and oxygen atoms in total. The van der Waals surface area contributed by atoms with Gasteiger partial charge in [0.1, 0.15) is 0 Å². The van der Waals surface area contributed by atoms with Crippen LogP contribution >= 0.6 is 0 Å². The van der Waals surface area contributed by atoms with Crippen LogP contribution in [0.2, 0.25) is 0 Å². The molecule has 1 aromatic heterocycles. The molecule has 14 heavy (non-hydrogen) atoms. The summed E-state index contributed by atoms with van der Waals surface area (Å²) in [5.41, 5.74) is 0.822. The molecule has 0 saturated heterocycles. The van der Waals surface area contributed by atoms with Crippen LogP contribution in [0.5, 0.6) is 0 Å². The van der Waals surface area contributed by atoms with E-state index in [0.29, 0.717) is 6.54 Å². The number of hydrogen-bond donors (Lipinski definition) is 2. The standard InChI is InChI=1S/C9H14N4O/c1-7(9(14)10-2)13-6-8-5-11-3-4-12-8/h3-5,7,13H,6H2,1-2H3,(H,10,14). The van der Waals surface area contributed by atoms with E-state index < -0.39 is 0 Å². The number of carbonyl (C=O) groups is 1. The van der Waals surface area contributed by atoms with Crippen LogP contribution in [0.4, 0.5) is 0 Å². The fourth-order valence-corrected chi connectivity index (χ4v) is 0.988. The third kappa shape index (κ3) is 3.10. The van der Waals surface area contributed by atoms with Crippen LogP contribution in [0.25, 0.3) is 0 Å². The molecule has 0 aliphatic heterocycles. The number of hydrogen-bond acceptors (Lipinski definition) is 4. The van der Waals surface area contributed by atoms with Crippen molar-refractivity contribution in [1.82, 2.24) is 20.6 Å². The minimum absolute atomic E-state index is 0.0334. The lowest BCUT2D eigenvalue weighted by Gasteiger charge is -2.11. The first kappa shape index (κ1) is 10.6. The summed E-state index contributed by atoms with van der Waals surface area (Å²) >= 11 is 0. The van der Waals surface area contributed by atoms with Crippen molar-refractivity contribution in [3.8, 4) is 0 Å². The molecule has 1 unspecified atom stereocenters. The van der Waals surface area contributed by atoms with Crippen molar-refractivity contribution in [1.29, 1.82) is 0 Å². The van der Waals surface area contributed by atoms with E-state index in [1.54, 1.807) is 32.6 Å².